The fraction of sp³-hybridized carbons (Fsp3) is 0.235. The van der Waals surface area contributed by atoms with Crippen LogP contribution >= 0.6 is 15.9 Å². The van der Waals surface area contributed by atoms with E-state index in [-0.39, 0.29) is 11.7 Å². The van der Waals surface area contributed by atoms with Crippen LogP contribution in [0.1, 0.15) is 40.4 Å². The smallest absolute Gasteiger partial charge is 0.336 e. The monoisotopic (exact) mass is 346 g/mol. The Morgan fingerprint density at radius 3 is 2.81 bits per heavy atom. The van der Waals surface area contributed by atoms with Gasteiger partial charge in [0, 0.05) is 4.47 Å². The number of halogens is 1. The predicted molar refractivity (Wildman–Crippen MR) is 83.9 cm³/mol. The topological polar surface area (TPSA) is 46.5 Å². The lowest BCUT2D eigenvalue weighted by atomic mass is 9.89. The third-order valence-corrected chi connectivity index (χ3v) is 4.42. The fourth-order valence-electron chi connectivity index (χ4n) is 2.74. The Kier molecular flexibility index (Phi) is 3.97. The van der Waals surface area contributed by atoms with Crippen LogP contribution in [0.25, 0.3) is 0 Å². The van der Waals surface area contributed by atoms with Gasteiger partial charge in [-0.15, -0.1) is 0 Å². The summed E-state index contributed by atoms with van der Waals surface area (Å²) in [7, 11) is 0. The summed E-state index contributed by atoms with van der Waals surface area (Å²) in [5.41, 5.74) is 2.82. The fourth-order valence-corrected chi connectivity index (χ4v) is 3.27. The maximum absolute atomic E-state index is 11.0. The van der Waals surface area contributed by atoms with Crippen LogP contribution in [0.2, 0.25) is 0 Å². The number of ether oxygens (including phenoxy) is 1. The third-order valence-electron chi connectivity index (χ3n) is 3.76. The highest BCUT2D eigenvalue weighted by atomic mass is 79.9. The minimum absolute atomic E-state index is 0.0394. The molecule has 3 nitrogen and oxygen atoms in total. The number of aromatic carboxylic acids is 1. The van der Waals surface area contributed by atoms with Crippen LogP contribution in [0.3, 0.4) is 0 Å². The Bertz CT molecular complexity index is 681. The Labute approximate surface area is 131 Å². The Balaban J connectivity index is 1.85. The molecule has 0 spiro atoms. The van der Waals surface area contributed by atoms with Crippen molar-refractivity contribution in [3.63, 3.8) is 0 Å². The molecular weight excluding hydrogens is 332 g/mol. The standard InChI is InChI=1S/C17H15BrO3/c18-15-10-12(8-9-14(15)17(19)20)21-16-7-3-5-11-4-1-2-6-13(11)16/h1-2,4,6,8-10,16H,3,5,7H2,(H,19,20). The zero-order valence-electron chi connectivity index (χ0n) is 11.4. The van der Waals surface area contributed by atoms with Gasteiger partial charge in [-0.3, -0.25) is 0 Å². The number of aryl methyl sites for hydroxylation is 1. The SMILES string of the molecule is O=C(O)c1ccc(OC2CCCc3ccccc32)cc1Br. The summed E-state index contributed by atoms with van der Waals surface area (Å²) in [6.07, 6.45) is 3.22. The van der Waals surface area contributed by atoms with E-state index in [9.17, 15) is 4.79 Å². The van der Waals surface area contributed by atoms with Crippen molar-refractivity contribution in [3.05, 3.63) is 63.6 Å². The molecule has 1 atom stereocenters. The van der Waals surface area contributed by atoms with Crippen LogP contribution in [-0.2, 0) is 6.42 Å². The lowest BCUT2D eigenvalue weighted by molar-refractivity contribution is 0.0696. The van der Waals surface area contributed by atoms with Gasteiger partial charge in [-0.2, -0.15) is 0 Å². The predicted octanol–water partition coefficient (Wildman–Crippen LogP) is 4.60. The number of hydrogen-bond acceptors (Lipinski definition) is 2. The first-order valence-electron chi connectivity index (χ1n) is 6.92. The first-order chi connectivity index (χ1) is 10.1. The summed E-state index contributed by atoms with van der Waals surface area (Å²) in [6.45, 7) is 0. The van der Waals surface area contributed by atoms with Gasteiger partial charge in [-0.05, 0) is 64.5 Å². The zero-order valence-corrected chi connectivity index (χ0v) is 13.0. The van der Waals surface area contributed by atoms with Gasteiger partial charge < -0.3 is 9.84 Å². The second kappa shape index (κ2) is 5.90. The number of hydrogen-bond donors (Lipinski definition) is 1. The molecule has 0 heterocycles. The molecule has 1 aliphatic carbocycles. The normalized spacial score (nSPS) is 17.1. The van der Waals surface area contributed by atoms with E-state index < -0.39 is 5.97 Å². The molecule has 0 radical (unpaired) electrons. The van der Waals surface area contributed by atoms with Gasteiger partial charge >= 0.3 is 5.97 Å². The van der Waals surface area contributed by atoms with E-state index in [1.807, 2.05) is 6.07 Å². The molecule has 0 fully saturated rings. The van der Waals surface area contributed by atoms with Gasteiger partial charge in [-0.1, -0.05) is 24.3 Å². The van der Waals surface area contributed by atoms with Crippen molar-refractivity contribution in [1.82, 2.24) is 0 Å². The summed E-state index contributed by atoms with van der Waals surface area (Å²) >= 11 is 3.28. The Morgan fingerprint density at radius 1 is 1.24 bits per heavy atom. The molecule has 0 saturated carbocycles. The summed E-state index contributed by atoms with van der Waals surface area (Å²) in [5.74, 6) is -0.259. The molecule has 1 N–H and O–H groups in total. The number of fused-ring (bicyclic) bond motifs is 1. The van der Waals surface area contributed by atoms with E-state index in [1.54, 1.807) is 18.2 Å². The second-order valence-corrected chi connectivity index (χ2v) is 6.00. The van der Waals surface area contributed by atoms with Gasteiger partial charge in [0.05, 0.1) is 5.56 Å². The number of rotatable bonds is 3. The van der Waals surface area contributed by atoms with Crippen LogP contribution in [0.5, 0.6) is 5.75 Å². The molecule has 1 aliphatic rings. The van der Waals surface area contributed by atoms with E-state index in [0.717, 1.165) is 19.3 Å². The third kappa shape index (κ3) is 2.95. The lowest BCUT2D eigenvalue weighted by Gasteiger charge is -2.26. The number of carboxylic acids is 1. The van der Waals surface area contributed by atoms with Crippen LogP contribution in [0.4, 0.5) is 0 Å². The average Bonchev–Trinajstić information content (AvgIpc) is 2.47. The second-order valence-electron chi connectivity index (χ2n) is 5.14. The van der Waals surface area contributed by atoms with Gasteiger partial charge in [0.15, 0.2) is 0 Å². The highest BCUT2D eigenvalue weighted by Crippen LogP contribution is 2.34. The first-order valence-corrected chi connectivity index (χ1v) is 7.72. The maximum Gasteiger partial charge on any atom is 0.336 e. The summed E-state index contributed by atoms with van der Waals surface area (Å²) in [6, 6.07) is 13.3. The molecule has 2 aromatic carbocycles. The molecule has 0 saturated heterocycles. The van der Waals surface area contributed by atoms with Gasteiger partial charge in [0.1, 0.15) is 11.9 Å². The van der Waals surface area contributed by atoms with Crippen LogP contribution in [-0.4, -0.2) is 11.1 Å². The Hall–Kier alpha value is -1.81. The van der Waals surface area contributed by atoms with E-state index in [4.69, 9.17) is 9.84 Å². The maximum atomic E-state index is 11.0. The number of benzene rings is 2. The van der Waals surface area contributed by atoms with E-state index in [1.165, 1.54) is 11.1 Å². The largest absolute Gasteiger partial charge is 0.486 e. The number of carbonyl (C=O) groups is 1. The van der Waals surface area contributed by atoms with E-state index in [2.05, 4.69) is 34.1 Å². The summed E-state index contributed by atoms with van der Waals surface area (Å²) in [5, 5.41) is 9.04. The van der Waals surface area contributed by atoms with Gasteiger partial charge in [-0.25, -0.2) is 4.79 Å². The molecule has 3 rings (SSSR count). The van der Waals surface area contributed by atoms with Crippen molar-refractivity contribution < 1.29 is 14.6 Å². The average molecular weight is 347 g/mol. The minimum atomic E-state index is -0.948. The number of carboxylic acid groups (broad SMARTS) is 1. The van der Waals surface area contributed by atoms with Crippen LogP contribution < -0.4 is 4.74 Å². The van der Waals surface area contributed by atoms with Crippen LogP contribution in [0.15, 0.2) is 46.9 Å². The van der Waals surface area contributed by atoms with E-state index >= 15 is 0 Å². The van der Waals surface area contributed by atoms with Crippen LogP contribution in [0, 0.1) is 0 Å². The highest BCUT2D eigenvalue weighted by Gasteiger charge is 2.21. The highest BCUT2D eigenvalue weighted by molar-refractivity contribution is 9.10. The van der Waals surface area contributed by atoms with Crippen molar-refractivity contribution in [1.29, 1.82) is 0 Å². The first kappa shape index (κ1) is 14.1. The molecule has 0 aromatic heterocycles. The molecule has 2 aromatic rings. The molecule has 0 bridgehead atoms. The lowest BCUT2D eigenvalue weighted by Crippen LogP contribution is -2.15. The molecule has 0 aliphatic heterocycles. The zero-order chi connectivity index (χ0) is 14.8. The molecule has 21 heavy (non-hydrogen) atoms. The van der Waals surface area contributed by atoms with Crippen molar-refractivity contribution in [2.75, 3.05) is 0 Å². The summed E-state index contributed by atoms with van der Waals surface area (Å²) in [4.78, 5) is 11.0. The Morgan fingerprint density at radius 2 is 2.05 bits per heavy atom. The molecular formula is C17H15BrO3. The van der Waals surface area contributed by atoms with Crippen molar-refractivity contribution in [2.45, 2.75) is 25.4 Å². The van der Waals surface area contributed by atoms with E-state index in [0.29, 0.717) is 10.2 Å². The molecule has 1 unspecified atom stereocenters. The van der Waals surface area contributed by atoms with Crippen molar-refractivity contribution >= 4 is 21.9 Å². The molecule has 0 amide bonds. The quantitative estimate of drug-likeness (QED) is 0.882. The van der Waals surface area contributed by atoms with Gasteiger partial charge in [0.2, 0.25) is 0 Å². The van der Waals surface area contributed by atoms with Crippen molar-refractivity contribution in [2.24, 2.45) is 0 Å². The molecule has 4 heteroatoms. The van der Waals surface area contributed by atoms with Gasteiger partial charge in [0.25, 0.3) is 0 Å². The van der Waals surface area contributed by atoms with Crippen molar-refractivity contribution in [3.8, 4) is 5.75 Å². The summed E-state index contributed by atoms with van der Waals surface area (Å²) < 4.78 is 6.61. The minimum Gasteiger partial charge on any atom is -0.486 e. The molecule has 108 valence electrons.